The first-order valence-corrected chi connectivity index (χ1v) is 10.9. The molecule has 0 aliphatic heterocycles. The molecule has 156 valence electrons. The standard InChI is InChI=1S/C24H36F2O.2H2/c1-16-5-7-20(8-6-16)15-21-9-11-22(12-10-21)24(25,26)27-23-13-17(2)19(4)18(3)14-23;;/h13-14,16,20-22H,5-12,15H2,1-4H3;2*1H. The van der Waals surface area contributed by atoms with Crippen molar-refractivity contribution in [3.8, 4) is 5.75 Å². The Morgan fingerprint density at radius 1 is 0.889 bits per heavy atom. The van der Waals surface area contributed by atoms with Crippen LogP contribution in [0.25, 0.3) is 0 Å². The molecule has 0 bridgehead atoms. The molecule has 1 aromatic carbocycles. The number of halogens is 2. The van der Waals surface area contributed by atoms with Crippen molar-refractivity contribution in [1.29, 1.82) is 0 Å². The van der Waals surface area contributed by atoms with Crippen molar-refractivity contribution in [3.63, 3.8) is 0 Å². The molecule has 3 rings (SSSR count). The molecule has 2 fully saturated rings. The molecule has 1 aromatic rings. The van der Waals surface area contributed by atoms with Crippen molar-refractivity contribution in [3.05, 3.63) is 28.8 Å². The van der Waals surface area contributed by atoms with Crippen LogP contribution < -0.4 is 4.74 Å². The van der Waals surface area contributed by atoms with Gasteiger partial charge in [0.1, 0.15) is 5.75 Å². The maximum atomic E-state index is 14.8. The lowest BCUT2D eigenvalue weighted by atomic mass is 9.73. The zero-order valence-corrected chi connectivity index (χ0v) is 17.5. The number of ether oxygens (including phenoxy) is 1. The molecule has 0 aromatic heterocycles. The number of aryl methyl sites for hydroxylation is 2. The molecule has 2 saturated carbocycles. The summed E-state index contributed by atoms with van der Waals surface area (Å²) in [4.78, 5) is 0. The Morgan fingerprint density at radius 3 is 1.89 bits per heavy atom. The molecule has 0 saturated heterocycles. The van der Waals surface area contributed by atoms with Gasteiger partial charge in [-0.15, -0.1) is 0 Å². The molecule has 27 heavy (non-hydrogen) atoms. The summed E-state index contributed by atoms with van der Waals surface area (Å²) < 4.78 is 34.8. The lowest BCUT2D eigenvalue weighted by molar-refractivity contribution is -0.223. The van der Waals surface area contributed by atoms with Crippen LogP contribution in [-0.2, 0) is 0 Å². The fourth-order valence-electron chi connectivity index (χ4n) is 5.07. The van der Waals surface area contributed by atoms with E-state index in [0.717, 1.165) is 41.4 Å². The van der Waals surface area contributed by atoms with Crippen molar-refractivity contribution >= 4 is 0 Å². The minimum Gasteiger partial charge on any atom is -0.432 e. The summed E-state index contributed by atoms with van der Waals surface area (Å²) in [6, 6.07) is 3.48. The summed E-state index contributed by atoms with van der Waals surface area (Å²) in [6.07, 6.45) is 6.60. The highest BCUT2D eigenvalue weighted by Gasteiger charge is 2.44. The van der Waals surface area contributed by atoms with Gasteiger partial charge in [0.25, 0.3) is 0 Å². The zero-order chi connectivity index (χ0) is 19.6. The number of rotatable bonds is 5. The summed E-state index contributed by atoms with van der Waals surface area (Å²) >= 11 is 0. The van der Waals surface area contributed by atoms with E-state index in [-0.39, 0.29) is 2.85 Å². The maximum Gasteiger partial charge on any atom is 0.400 e. The van der Waals surface area contributed by atoms with Crippen LogP contribution in [0.5, 0.6) is 5.75 Å². The Hall–Kier alpha value is -1.12. The average Bonchev–Trinajstić information content (AvgIpc) is 2.62. The Labute approximate surface area is 166 Å². The highest BCUT2D eigenvalue weighted by molar-refractivity contribution is 5.40. The van der Waals surface area contributed by atoms with E-state index in [9.17, 15) is 8.78 Å². The molecule has 2 aliphatic carbocycles. The van der Waals surface area contributed by atoms with Gasteiger partial charge in [-0.05, 0) is 99.5 Å². The van der Waals surface area contributed by atoms with Crippen molar-refractivity contribution in [2.45, 2.75) is 91.6 Å². The highest BCUT2D eigenvalue weighted by Crippen LogP contribution is 2.43. The molecule has 0 N–H and O–H groups in total. The molecule has 0 unspecified atom stereocenters. The van der Waals surface area contributed by atoms with Crippen LogP contribution in [-0.4, -0.2) is 6.11 Å². The largest absolute Gasteiger partial charge is 0.432 e. The Kier molecular flexibility index (Phi) is 6.48. The lowest BCUT2D eigenvalue weighted by Crippen LogP contribution is -2.37. The third-order valence-electron chi connectivity index (χ3n) is 7.28. The normalized spacial score (nSPS) is 29.6. The summed E-state index contributed by atoms with van der Waals surface area (Å²) in [5.74, 6) is 2.00. The summed E-state index contributed by atoms with van der Waals surface area (Å²) in [5, 5.41) is 0. The lowest BCUT2D eigenvalue weighted by Gasteiger charge is -2.35. The topological polar surface area (TPSA) is 9.23 Å². The van der Waals surface area contributed by atoms with Gasteiger partial charge in [0, 0.05) is 2.85 Å². The number of benzene rings is 1. The van der Waals surface area contributed by atoms with E-state index in [1.165, 1.54) is 32.1 Å². The van der Waals surface area contributed by atoms with E-state index >= 15 is 0 Å². The molecular formula is C24H40F2O. The molecule has 0 spiro atoms. The molecule has 3 heteroatoms. The van der Waals surface area contributed by atoms with Crippen LogP contribution in [0.2, 0.25) is 0 Å². The molecule has 1 nitrogen and oxygen atoms in total. The van der Waals surface area contributed by atoms with Crippen molar-refractivity contribution in [2.24, 2.45) is 23.7 Å². The zero-order valence-electron chi connectivity index (χ0n) is 17.5. The van der Waals surface area contributed by atoms with Crippen LogP contribution >= 0.6 is 0 Å². The Balaban J connectivity index is 0.00000210. The smallest absolute Gasteiger partial charge is 0.400 e. The summed E-state index contributed by atoms with van der Waals surface area (Å²) in [7, 11) is 0. The Bertz CT molecular complexity index is 611. The summed E-state index contributed by atoms with van der Waals surface area (Å²) in [5.41, 5.74) is 3.15. The molecule has 0 amide bonds. The number of hydrogen-bond acceptors (Lipinski definition) is 1. The van der Waals surface area contributed by atoms with Gasteiger partial charge in [-0.1, -0.05) is 32.6 Å². The number of alkyl halides is 2. The van der Waals surface area contributed by atoms with E-state index in [0.29, 0.717) is 24.5 Å². The van der Waals surface area contributed by atoms with Crippen LogP contribution in [0.1, 0.15) is 84.3 Å². The second kappa shape index (κ2) is 8.49. The predicted octanol–water partition coefficient (Wildman–Crippen LogP) is 8.10. The van der Waals surface area contributed by atoms with Crippen LogP contribution in [0.4, 0.5) is 8.78 Å². The van der Waals surface area contributed by atoms with Gasteiger partial charge in [0.2, 0.25) is 0 Å². The minimum atomic E-state index is -3.07. The maximum absolute atomic E-state index is 14.8. The van der Waals surface area contributed by atoms with Gasteiger partial charge in [-0.25, -0.2) is 0 Å². The molecular weight excluding hydrogens is 342 g/mol. The van der Waals surface area contributed by atoms with Crippen LogP contribution in [0, 0.1) is 44.4 Å². The van der Waals surface area contributed by atoms with E-state index in [2.05, 4.69) is 6.92 Å². The van der Waals surface area contributed by atoms with E-state index in [1.807, 2.05) is 20.8 Å². The molecule has 0 radical (unpaired) electrons. The predicted molar refractivity (Wildman–Crippen MR) is 112 cm³/mol. The monoisotopic (exact) mass is 382 g/mol. The Morgan fingerprint density at radius 2 is 1.37 bits per heavy atom. The average molecular weight is 383 g/mol. The third-order valence-corrected chi connectivity index (χ3v) is 7.28. The van der Waals surface area contributed by atoms with Crippen molar-refractivity contribution in [1.82, 2.24) is 0 Å². The van der Waals surface area contributed by atoms with Gasteiger partial charge in [0.15, 0.2) is 0 Å². The first-order valence-electron chi connectivity index (χ1n) is 10.9. The quantitative estimate of drug-likeness (QED) is 0.500. The van der Waals surface area contributed by atoms with Crippen LogP contribution in [0.15, 0.2) is 12.1 Å². The first-order chi connectivity index (χ1) is 12.7. The van der Waals surface area contributed by atoms with Gasteiger partial charge < -0.3 is 4.74 Å². The summed E-state index contributed by atoms with van der Waals surface area (Å²) in [6.45, 7) is 8.26. The SMILES string of the molecule is Cc1cc(OC(F)(F)C2CCC(CC3CCC(C)CC3)CC2)cc(C)c1C.[HH].[HH]. The van der Waals surface area contributed by atoms with Gasteiger partial charge in [-0.3, -0.25) is 0 Å². The van der Waals surface area contributed by atoms with E-state index in [1.54, 1.807) is 12.1 Å². The fraction of sp³-hybridized carbons (Fsp3) is 0.750. The minimum absolute atomic E-state index is 0. The molecule has 2 aliphatic rings. The molecule has 0 heterocycles. The van der Waals surface area contributed by atoms with Crippen molar-refractivity contribution < 1.29 is 16.4 Å². The van der Waals surface area contributed by atoms with Gasteiger partial charge in [-0.2, -0.15) is 8.78 Å². The van der Waals surface area contributed by atoms with Gasteiger partial charge in [0.05, 0.1) is 5.92 Å². The van der Waals surface area contributed by atoms with Crippen molar-refractivity contribution in [2.75, 3.05) is 0 Å². The van der Waals surface area contributed by atoms with E-state index < -0.39 is 12.0 Å². The second-order valence-corrected chi connectivity index (χ2v) is 9.43. The first kappa shape index (κ1) is 20.6. The molecule has 0 atom stereocenters. The van der Waals surface area contributed by atoms with Gasteiger partial charge >= 0.3 is 6.11 Å². The fourth-order valence-corrected chi connectivity index (χ4v) is 5.07. The highest BCUT2D eigenvalue weighted by atomic mass is 19.3. The number of hydrogen-bond donors (Lipinski definition) is 0. The second-order valence-electron chi connectivity index (χ2n) is 9.43. The third kappa shape index (κ3) is 5.23. The van der Waals surface area contributed by atoms with Crippen LogP contribution in [0.3, 0.4) is 0 Å². The van der Waals surface area contributed by atoms with E-state index in [4.69, 9.17) is 4.74 Å².